The van der Waals surface area contributed by atoms with Gasteiger partial charge in [-0.05, 0) is 56.8 Å². The van der Waals surface area contributed by atoms with Gasteiger partial charge >= 0.3 is 5.97 Å². The van der Waals surface area contributed by atoms with Crippen molar-refractivity contribution in [2.24, 2.45) is 17.8 Å². The molecule has 10 heteroatoms. The smallest absolute Gasteiger partial charge is 0.326 e. The number of aromatic nitrogens is 2. The van der Waals surface area contributed by atoms with Gasteiger partial charge in [-0.3, -0.25) is 14.6 Å². The first kappa shape index (κ1) is 29.0. The van der Waals surface area contributed by atoms with Crippen LogP contribution in [0.5, 0.6) is 0 Å². The van der Waals surface area contributed by atoms with E-state index in [-0.39, 0.29) is 35.3 Å². The van der Waals surface area contributed by atoms with Crippen LogP contribution >= 0.6 is 0 Å². The summed E-state index contributed by atoms with van der Waals surface area (Å²) in [5, 5.41) is 16.6. The number of carbonyl (C=O) groups excluding carboxylic acids is 2. The Morgan fingerprint density at radius 1 is 1.15 bits per heavy atom. The van der Waals surface area contributed by atoms with Gasteiger partial charge in [0.1, 0.15) is 17.8 Å². The molecule has 214 valence electrons. The van der Waals surface area contributed by atoms with Crippen LogP contribution in [0.25, 0.3) is 0 Å². The summed E-state index contributed by atoms with van der Waals surface area (Å²) in [4.78, 5) is 49.4. The number of hydrogen-bond donors (Lipinski definition) is 3. The van der Waals surface area contributed by atoms with Gasteiger partial charge in [-0.1, -0.05) is 39.2 Å². The van der Waals surface area contributed by atoms with E-state index in [0.717, 1.165) is 51.4 Å². The molecular weight excluding hydrogens is 498 g/mol. The molecule has 0 radical (unpaired) electrons. The summed E-state index contributed by atoms with van der Waals surface area (Å²) in [6, 6.07) is -2.16. The topological polar surface area (TPSA) is 134 Å². The van der Waals surface area contributed by atoms with Crippen LogP contribution in [-0.4, -0.2) is 75.1 Å². The molecule has 1 aromatic rings. The van der Waals surface area contributed by atoms with E-state index in [1.54, 1.807) is 12.0 Å². The molecule has 39 heavy (non-hydrogen) atoms. The lowest BCUT2D eigenvalue weighted by atomic mass is 9.82. The molecule has 2 aliphatic carbocycles. The molecule has 0 spiro atoms. The zero-order chi connectivity index (χ0) is 28.2. The average Bonchev–Trinajstić information content (AvgIpc) is 3.56. The van der Waals surface area contributed by atoms with Crippen LogP contribution in [0.4, 0.5) is 0 Å². The standard InChI is InChI=1S/C29H43N5O5/c1-5-29(3,39-4)25(27(36)34-17-20-12-9-13-21(20)24(34)28(37)38)32-18(2)23(19-10-7-6-8-11-19)33-26(35)22-16-30-14-15-31-22/h14-16,19-21,23-25,32H,2,5-13,17H2,1,3-4H3,(H,33,35)(H,37,38)/t20?,21?,23?,24-,25+,29?/m0/s1. The normalized spacial score (nSPS) is 26.2. The number of ether oxygens (including phenoxy) is 1. The predicted octanol–water partition coefficient (Wildman–Crippen LogP) is 3.15. The quantitative estimate of drug-likeness (QED) is 0.389. The highest BCUT2D eigenvalue weighted by Gasteiger charge is 2.53. The van der Waals surface area contributed by atoms with Crippen LogP contribution in [0.3, 0.4) is 0 Å². The fraction of sp³-hybridized carbons (Fsp3) is 0.690. The highest BCUT2D eigenvalue weighted by atomic mass is 16.5. The third-order valence-corrected chi connectivity index (χ3v) is 9.36. The van der Waals surface area contributed by atoms with Crippen molar-refractivity contribution in [3.8, 4) is 0 Å². The van der Waals surface area contributed by atoms with Gasteiger partial charge in [-0.2, -0.15) is 0 Å². The van der Waals surface area contributed by atoms with Crippen LogP contribution in [0.1, 0.15) is 82.1 Å². The molecule has 2 heterocycles. The Labute approximate surface area is 231 Å². The number of hydrogen-bond acceptors (Lipinski definition) is 7. The Balaban J connectivity index is 1.61. The molecule has 4 unspecified atom stereocenters. The molecule has 2 saturated carbocycles. The number of carbonyl (C=O) groups is 3. The molecule has 3 aliphatic rings. The first-order valence-corrected chi connectivity index (χ1v) is 14.3. The molecule has 3 N–H and O–H groups in total. The van der Waals surface area contributed by atoms with Crippen molar-refractivity contribution in [3.63, 3.8) is 0 Å². The van der Waals surface area contributed by atoms with E-state index < -0.39 is 29.7 Å². The maximum atomic E-state index is 14.2. The first-order valence-electron chi connectivity index (χ1n) is 14.3. The number of fused-ring (bicyclic) bond motifs is 1. The van der Waals surface area contributed by atoms with E-state index in [0.29, 0.717) is 18.7 Å². The predicted molar refractivity (Wildman–Crippen MR) is 146 cm³/mol. The molecule has 4 rings (SSSR count). The monoisotopic (exact) mass is 541 g/mol. The number of aliphatic carboxylic acids is 1. The van der Waals surface area contributed by atoms with E-state index in [4.69, 9.17) is 4.74 Å². The second-order valence-electron chi connectivity index (χ2n) is 11.5. The Hall–Kier alpha value is -3.01. The molecule has 10 nitrogen and oxygen atoms in total. The molecule has 1 aromatic heterocycles. The minimum Gasteiger partial charge on any atom is -0.480 e. The number of carboxylic acid groups (broad SMARTS) is 1. The van der Waals surface area contributed by atoms with Crippen molar-refractivity contribution < 1.29 is 24.2 Å². The van der Waals surface area contributed by atoms with Gasteiger partial charge in [-0.15, -0.1) is 0 Å². The fourth-order valence-corrected chi connectivity index (χ4v) is 6.82. The van der Waals surface area contributed by atoms with Crippen LogP contribution in [0.2, 0.25) is 0 Å². The summed E-state index contributed by atoms with van der Waals surface area (Å²) in [5.41, 5.74) is -0.199. The molecule has 6 atom stereocenters. The maximum Gasteiger partial charge on any atom is 0.326 e. The summed E-state index contributed by atoms with van der Waals surface area (Å²) >= 11 is 0. The highest BCUT2D eigenvalue weighted by molar-refractivity contribution is 5.92. The van der Waals surface area contributed by atoms with Crippen molar-refractivity contribution in [2.75, 3.05) is 13.7 Å². The van der Waals surface area contributed by atoms with Gasteiger partial charge in [0, 0.05) is 31.7 Å². The van der Waals surface area contributed by atoms with E-state index in [9.17, 15) is 19.5 Å². The number of carboxylic acids is 1. The van der Waals surface area contributed by atoms with Gasteiger partial charge in [0.15, 0.2) is 0 Å². The number of amides is 2. The SMILES string of the molecule is C=C(N[C@H](C(=O)N1CC2CCCC2[C@H]1C(=O)O)C(C)(CC)OC)C(NC(=O)c1cnccn1)C1CCCCC1. The van der Waals surface area contributed by atoms with Crippen molar-refractivity contribution in [2.45, 2.75) is 95.4 Å². The Morgan fingerprint density at radius 3 is 2.51 bits per heavy atom. The lowest BCUT2D eigenvalue weighted by Gasteiger charge is -2.41. The Bertz CT molecular complexity index is 1040. The van der Waals surface area contributed by atoms with Crippen LogP contribution in [0, 0.1) is 17.8 Å². The molecule has 1 aliphatic heterocycles. The van der Waals surface area contributed by atoms with E-state index in [1.807, 2.05) is 13.8 Å². The van der Waals surface area contributed by atoms with Crippen molar-refractivity contribution in [3.05, 3.63) is 36.6 Å². The second kappa shape index (κ2) is 12.4. The number of methoxy groups -OCH3 is 1. The van der Waals surface area contributed by atoms with E-state index in [1.165, 1.54) is 18.6 Å². The van der Waals surface area contributed by atoms with E-state index >= 15 is 0 Å². The largest absolute Gasteiger partial charge is 0.480 e. The minimum atomic E-state index is -0.956. The summed E-state index contributed by atoms with van der Waals surface area (Å²) in [5.74, 6) is -1.28. The number of nitrogens with one attached hydrogen (secondary N) is 2. The molecule has 2 amide bonds. The van der Waals surface area contributed by atoms with Crippen LogP contribution in [-0.2, 0) is 14.3 Å². The number of nitrogens with zero attached hydrogens (tertiary/aromatic N) is 3. The van der Waals surface area contributed by atoms with Crippen LogP contribution < -0.4 is 10.6 Å². The van der Waals surface area contributed by atoms with Crippen molar-refractivity contribution in [1.29, 1.82) is 0 Å². The van der Waals surface area contributed by atoms with Gasteiger partial charge in [0.2, 0.25) is 5.91 Å². The lowest BCUT2D eigenvalue weighted by molar-refractivity contribution is -0.154. The highest BCUT2D eigenvalue weighted by Crippen LogP contribution is 2.43. The minimum absolute atomic E-state index is 0.0213. The van der Waals surface area contributed by atoms with Gasteiger partial charge in [-0.25, -0.2) is 9.78 Å². The van der Waals surface area contributed by atoms with Crippen molar-refractivity contribution >= 4 is 17.8 Å². The molecular formula is C29H43N5O5. The van der Waals surface area contributed by atoms with Crippen molar-refractivity contribution in [1.82, 2.24) is 25.5 Å². The second-order valence-corrected chi connectivity index (χ2v) is 11.5. The average molecular weight is 542 g/mol. The molecule has 1 saturated heterocycles. The molecule has 0 bridgehead atoms. The van der Waals surface area contributed by atoms with Gasteiger partial charge in [0.05, 0.1) is 17.8 Å². The third-order valence-electron chi connectivity index (χ3n) is 9.36. The summed E-state index contributed by atoms with van der Waals surface area (Å²) in [6.07, 6.45) is 12.8. The number of rotatable bonds is 11. The zero-order valence-electron chi connectivity index (χ0n) is 23.4. The first-order chi connectivity index (χ1) is 18.7. The van der Waals surface area contributed by atoms with Gasteiger partial charge in [0.25, 0.3) is 5.91 Å². The Morgan fingerprint density at radius 2 is 1.90 bits per heavy atom. The zero-order valence-corrected chi connectivity index (χ0v) is 23.4. The maximum absolute atomic E-state index is 14.2. The Kier molecular flexibility index (Phi) is 9.25. The summed E-state index contributed by atoms with van der Waals surface area (Å²) < 4.78 is 5.89. The summed E-state index contributed by atoms with van der Waals surface area (Å²) in [7, 11) is 1.57. The number of likely N-dealkylation sites (tertiary alicyclic amines) is 1. The van der Waals surface area contributed by atoms with Crippen LogP contribution in [0.15, 0.2) is 30.9 Å². The fourth-order valence-electron chi connectivity index (χ4n) is 6.82. The molecule has 0 aromatic carbocycles. The third kappa shape index (κ3) is 6.10. The van der Waals surface area contributed by atoms with Gasteiger partial charge < -0.3 is 25.4 Å². The molecule has 3 fully saturated rings. The van der Waals surface area contributed by atoms with E-state index in [2.05, 4.69) is 27.2 Å². The lowest BCUT2D eigenvalue weighted by Crippen LogP contribution is -2.62. The summed E-state index contributed by atoms with van der Waals surface area (Å²) in [6.45, 7) is 8.55.